The molecule has 0 aliphatic rings. The Morgan fingerprint density at radius 1 is 1.00 bits per heavy atom. The van der Waals surface area contributed by atoms with E-state index in [1.54, 1.807) is 31.5 Å². The molecule has 1 aromatic heterocycles. The van der Waals surface area contributed by atoms with E-state index in [4.69, 9.17) is 14.5 Å². The van der Waals surface area contributed by atoms with Gasteiger partial charge in [-0.25, -0.2) is 4.98 Å². The summed E-state index contributed by atoms with van der Waals surface area (Å²) in [5, 5.41) is 7.97. The second-order valence-electron chi connectivity index (χ2n) is 10.8. The van der Waals surface area contributed by atoms with Crippen molar-refractivity contribution in [1.82, 2.24) is 9.66 Å². The number of hydrogen-bond acceptors (Lipinski definition) is 6. The average molecular weight is 732 g/mol. The summed E-state index contributed by atoms with van der Waals surface area (Å²) in [6.07, 6.45) is 1.59. The third kappa shape index (κ3) is 7.02. The van der Waals surface area contributed by atoms with Gasteiger partial charge in [-0.3, -0.25) is 9.59 Å². The molecule has 0 atom stereocenters. The summed E-state index contributed by atoms with van der Waals surface area (Å²) in [5.41, 5.74) is 5.38. The fourth-order valence-corrected chi connectivity index (χ4v) is 6.38. The maximum Gasteiger partial charge on any atom is 0.282 e. The van der Waals surface area contributed by atoms with E-state index in [2.05, 4.69) is 56.1 Å². The van der Waals surface area contributed by atoms with Gasteiger partial charge in [0.05, 0.1) is 33.2 Å². The topological polar surface area (TPSA) is 94.8 Å². The van der Waals surface area contributed by atoms with E-state index in [1.165, 1.54) is 4.68 Å². The highest BCUT2D eigenvalue weighted by atomic mass is 79.9. The van der Waals surface area contributed by atoms with Crippen molar-refractivity contribution in [2.75, 3.05) is 19.0 Å². The van der Waals surface area contributed by atoms with Gasteiger partial charge in [0.15, 0.2) is 12.4 Å². The van der Waals surface area contributed by atoms with Crippen molar-refractivity contribution < 1.29 is 14.3 Å². The Kier molecular flexibility index (Phi) is 9.84. The molecule has 0 radical (unpaired) electrons. The van der Waals surface area contributed by atoms with Crippen LogP contribution in [0, 0.1) is 13.8 Å². The van der Waals surface area contributed by atoms with Crippen LogP contribution in [0.1, 0.15) is 42.0 Å². The first-order valence-corrected chi connectivity index (χ1v) is 15.9. The van der Waals surface area contributed by atoms with Gasteiger partial charge in [-0.05, 0) is 116 Å². The molecule has 0 fully saturated rings. The number of nitrogens with zero attached hydrogens (tertiary/aromatic N) is 3. The normalized spacial score (nSPS) is 11.4. The minimum absolute atomic E-state index is 0.180. The zero-order chi connectivity index (χ0) is 32.2. The highest BCUT2D eigenvalue weighted by Crippen LogP contribution is 2.36. The first-order valence-electron chi connectivity index (χ1n) is 14.3. The second kappa shape index (κ2) is 13.8. The van der Waals surface area contributed by atoms with E-state index in [0.29, 0.717) is 37.0 Å². The van der Waals surface area contributed by atoms with E-state index < -0.39 is 0 Å². The Balaban J connectivity index is 1.49. The molecule has 45 heavy (non-hydrogen) atoms. The zero-order valence-corrected chi connectivity index (χ0v) is 28.7. The fourth-order valence-electron chi connectivity index (χ4n) is 4.93. The number of hydrogen-bond donors (Lipinski definition) is 1. The number of aromatic nitrogens is 2. The van der Waals surface area contributed by atoms with E-state index in [0.717, 1.165) is 33.7 Å². The lowest BCUT2D eigenvalue weighted by Gasteiger charge is -2.17. The van der Waals surface area contributed by atoms with Crippen molar-refractivity contribution in [1.29, 1.82) is 0 Å². The Morgan fingerprint density at radius 3 is 2.38 bits per heavy atom. The number of ether oxygens (including phenoxy) is 2. The van der Waals surface area contributed by atoms with Crippen molar-refractivity contribution in [2.24, 2.45) is 5.10 Å². The molecule has 10 heteroatoms. The lowest BCUT2D eigenvalue weighted by Crippen LogP contribution is -2.21. The highest BCUT2D eigenvalue weighted by Gasteiger charge is 2.19. The number of anilines is 1. The minimum Gasteiger partial charge on any atom is -0.496 e. The number of para-hydroxylation sites is 2. The van der Waals surface area contributed by atoms with Crippen LogP contribution >= 0.6 is 31.9 Å². The van der Waals surface area contributed by atoms with Crippen LogP contribution in [0.2, 0.25) is 0 Å². The van der Waals surface area contributed by atoms with Crippen LogP contribution in [0.25, 0.3) is 22.3 Å². The Hall–Kier alpha value is -4.28. The van der Waals surface area contributed by atoms with E-state index >= 15 is 0 Å². The second-order valence-corrected chi connectivity index (χ2v) is 12.6. The summed E-state index contributed by atoms with van der Waals surface area (Å²) >= 11 is 7.11. The molecular formula is C35H32Br2N4O4. The van der Waals surface area contributed by atoms with Gasteiger partial charge in [-0.2, -0.15) is 9.78 Å². The summed E-state index contributed by atoms with van der Waals surface area (Å²) < 4.78 is 14.0. The van der Waals surface area contributed by atoms with E-state index in [9.17, 15) is 9.59 Å². The molecule has 0 saturated heterocycles. The zero-order valence-electron chi connectivity index (χ0n) is 25.5. The van der Waals surface area contributed by atoms with Crippen molar-refractivity contribution in [3.63, 3.8) is 0 Å². The Morgan fingerprint density at radius 2 is 1.69 bits per heavy atom. The largest absolute Gasteiger partial charge is 0.496 e. The van der Waals surface area contributed by atoms with Gasteiger partial charge in [0.1, 0.15) is 11.5 Å². The molecule has 0 spiro atoms. The van der Waals surface area contributed by atoms with Crippen molar-refractivity contribution in [3.05, 3.63) is 114 Å². The number of methoxy groups -OCH3 is 1. The molecule has 1 heterocycles. The molecule has 0 aliphatic heterocycles. The first-order chi connectivity index (χ1) is 21.6. The van der Waals surface area contributed by atoms with Gasteiger partial charge in [0, 0.05) is 11.3 Å². The molecule has 0 bridgehead atoms. The number of carbonyl (C=O) groups is 1. The first kappa shape index (κ1) is 32.1. The molecule has 0 saturated carbocycles. The van der Waals surface area contributed by atoms with Crippen LogP contribution in [0.15, 0.2) is 91.6 Å². The van der Waals surface area contributed by atoms with Crippen LogP contribution in [0.3, 0.4) is 0 Å². The predicted molar refractivity (Wildman–Crippen MR) is 187 cm³/mol. The average Bonchev–Trinajstić information content (AvgIpc) is 3.01. The van der Waals surface area contributed by atoms with Crippen molar-refractivity contribution in [2.45, 2.75) is 33.6 Å². The molecule has 8 nitrogen and oxygen atoms in total. The molecule has 5 rings (SSSR count). The van der Waals surface area contributed by atoms with Gasteiger partial charge in [-0.15, -0.1) is 0 Å². The Labute approximate surface area is 278 Å². The van der Waals surface area contributed by atoms with Crippen LogP contribution in [0.5, 0.6) is 11.5 Å². The number of benzene rings is 4. The van der Waals surface area contributed by atoms with Gasteiger partial charge in [-0.1, -0.05) is 44.2 Å². The highest BCUT2D eigenvalue weighted by molar-refractivity contribution is 9.11. The molecular weight excluding hydrogens is 700 g/mol. The molecule has 1 N–H and O–H groups in total. The molecule has 0 unspecified atom stereocenters. The summed E-state index contributed by atoms with van der Waals surface area (Å²) in [5.74, 6) is 1.59. The van der Waals surface area contributed by atoms with Crippen LogP contribution in [0.4, 0.5) is 5.69 Å². The number of nitrogens with one attached hydrogen (secondary N) is 1. The van der Waals surface area contributed by atoms with Crippen LogP contribution in [-0.4, -0.2) is 35.5 Å². The summed E-state index contributed by atoms with van der Waals surface area (Å²) in [4.78, 5) is 31.2. The maximum atomic E-state index is 13.8. The number of fused-ring (bicyclic) bond motifs is 1. The predicted octanol–water partition coefficient (Wildman–Crippen LogP) is 8.24. The maximum absolute atomic E-state index is 13.8. The summed E-state index contributed by atoms with van der Waals surface area (Å²) in [7, 11) is 1.65. The van der Waals surface area contributed by atoms with E-state index in [1.807, 2.05) is 68.4 Å². The van der Waals surface area contributed by atoms with Gasteiger partial charge >= 0.3 is 0 Å². The molecule has 230 valence electrons. The molecule has 4 aromatic carbocycles. The molecule has 5 aromatic rings. The lowest BCUT2D eigenvalue weighted by atomic mass is 9.96. The van der Waals surface area contributed by atoms with Gasteiger partial charge in [0.25, 0.3) is 11.5 Å². The van der Waals surface area contributed by atoms with Crippen molar-refractivity contribution >= 4 is 60.6 Å². The number of rotatable bonds is 9. The number of amides is 1. The lowest BCUT2D eigenvalue weighted by molar-refractivity contribution is -0.118. The smallest absolute Gasteiger partial charge is 0.282 e. The third-order valence-electron chi connectivity index (χ3n) is 7.30. The van der Waals surface area contributed by atoms with E-state index in [-0.39, 0.29) is 24.0 Å². The number of aryl methyl sites for hydroxylation is 2. The van der Waals surface area contributed by atoms with Gasteiger partial charge < -0.3 is 14.8 Å². The SMILES string of the molecule is COc1cc(C)c(-c2nc3ccccc3c(=O)n2N=Cc2cc(Br)c(OCC(=O)Nc3ccccc3C)c(Br)c2)cc1C(C)C. The standard InChI is InChI=1S/C35H32Br2N4O4/c1-20(2)25-17-26(22(4)14-31(25)44-5)34-40-30-13-9-7-11-24(30)35(43)41(34)38-18-23-15-27(36)33(28(37)16-23)45-19-32(42)39-29-12-8-6-10-21(29)3/h6-18,20H,19H2,1-5H3,(H,39,42). The Bertz CT molecular complexity index is 1980. The molecule has 1 amide bonds. The third-order valence-corrected chi connectivity index (χ3v) is 8.48. The summed E-state index contributed by atoms with van der Waals surface area (Å²) in [6, 6.07) is 22.4. The monoisotopic (exact) mass is 730 g/mol. The molecule has 0 aliphatic carbocycles. The fraction of sp³-hybridized carbons (Fsp3) is 0.200. The van der Waals surface area contributed by atoms with Crippen LogP contribution in [-0.2, 0) is 4.79 Å². The quantitative estimate of drug-likeness (QED) is 0.154. The van der Waals surface area contributed by atoms with Crippen molar-refractivity contribution in [3.8, 4) is 22.9 Å². The number of halogens is 2. The van der Waals surface area contributed by atoms with Gasteiger partial charge in [0.2, 0.25) is 0 Å². The number of carbonyl (C=O) groups excluding carboxylic acids is 1. The summed E-state index contributed by atoms with van der Waals surface area (Å²) in [6.45, 7) is 7.90. The van der Waals surface area contributed by atoms with Crippen LogP contribution < -0.4 is 20.3 Å². The minimum atomic E-state index is -0.286.